The Kier molecular flexibility index (Phi) is 10.1. The molecule has 1 N–H and O–H groups in total. The highest BCUT2D eigenvalue weighted by atomic mass is 16.6. The van der Waals surface area contributed by atoms with Crippen molar-refractivity contribution in [1.82, 2.24) is 9.55 Å². The summed E-state index contributed by atoms with van der Waals surface area (Å²) in [7, 11) is 0. The zero-order valence-electron chi connectivity index (χ0n) is 27.7. The molecule has 3 heterocycles. The van der Waals surface area contributed by atoms with Crippen LogP contribution in [-0.4, -0.2) is 65.1 Å². The van der Waals surface area contributed by atoms with Gasteiger partial charge < -0.3 is 14.8 Å². The Morgan fingerprint density at radius 3 is 1.89 bits per heavy atom. The first-order valence-electron chi connectivity index (χ1n) is 15.5. The predicted octanol–water partition coefficient (Wildman–Crippen LogP) is 7.09. The van der Waals surface area contributed by atoms with Crippen LogP contribution in [0, 0.1) is 0 Å². The fourth-order valence-electron chi connectivity index (χ4n) is 5.18. The molecule has 1 aromatic heterocycles. The molecule has 0 radical (unpaired) electrons. The largest absolute Gasteiger partial charge is 0.443 e. The van der Waals surface area contributed by atoms with Gasteiger partial charge in [0.05, 0.1) is 11.4 Å². The zero-order valence-corrected chi connectivity index (χ0v) is 27.7. The van der Waals surface area contributed by atoms with Crippen molar-refractivity contribution in [1.29, 1.82) is 0 Å². The number of carbonyl (C=O) groups is 3. The Morgan fingerprint density at radius 1 is 0.844 bits per heavy atom. The van der Waals surface area contributed by atoms with E-state index in [2.05, 4.69) is 29.4 Å². The zero-order chi connectivity index (χ0) is 32.9. The summed E-state index contributed by atoms with van der Waals surface area (Å²) in [6.07, 6.45) is 5.70. The molecule has 0 spiro atoms. The van der Waals surface area contributed by atoms with E-state index in [1.807, 2.05) is 72.7 Å². The van der Waals surface area contributed by atoms with Crippen LogP contribution in [0.1, 0.15) is 66.5 Å². The van der Waals surface area contributed by atoms with Gasteiger partial charge in [-0.1, -0.05) is 12.1 Å². The smallest absolute Gasteiger partial charge is 0.414 e. The van der Waals surface area contributed by atoms with Gasteiger partial charge in [0.2, 0.25) is 0 Å². The Hall–Kier alpha value is -4.54. The Balaban J connectivity index is 0.000000215. The molecule has 45 heavy (non-hydrogen) atoms. The van der Waals surface area contributed by atoms with Gasteiger partial charge in [0.25, 0.3) is 0 Å². The van der Waals surface area contributed by atoms with Crippen molar-refractivity contribution in [3.8, 4) is 0 Å². The third kappa shape index (κ3) is 8.34. The number of imidazole rings is 1. The fraction of sp³-hybridized carbons (Fsp3) is 0.471. The number of hydrogen-bond donors (Lipinski definition) is 1. The molecule has 3 amide bonds. The topological polar surface area (TPSA) is 109 Å². The van der Waals surface area contributed by atoms with Gasteiger partial charge in [-0.2, -0.15) is 0 Å². The molecular formula is C34H46N6O5. The molecule has 2 aliphatic heterocycles. The molecular weight excluding hydrogens is 572 g/mol. The van der Waals surface area contributed by atoms with E-state index in [1.54, 1.807) is 27.1 Å². The Bertz CT molecular complexity index is 1510. The molecule has 2 aromatic carbocycles. The van der Waals surface area contributed by atoms with Crippen LogP contribution in [0.4, 0.5) is 37.1 Å². The van der Waals surface area contributed by atoms with Crippen LogP contribution in [0.25, 0.3) is 0 Å². The predicted molar refractivity (Wildman–Crippen MR) is 178 cm³/mol. The summed E-state index contributed by atoms with van der Waals surface area (Å²) in [4.78, 5) is 46.3. The maximum atomic E-state index is 12.7. The van der Waals surface area contributed by atoms with Crippen LogP contribution in [0.15, 0.2) is 55.1 Å². The lowest BCUT2D eigenvalue weighted by molar-refractivity contribution is 0.0573. The average molecular weight is 619 g/mol. The maximum Gasteiger partial charge on any atom is 0.414 e. The molecule has 5 rings (SSSR count). The molecule has 242 valence electrons. The number of nitrogens with zero attached hydrogens (tertiary/aromatic N) is 5. The Labute approximate surface area is 266 Å². The van der Waals surface area contributed by atoms with Crippen LogP contribution >= 0.6 is 0 Å². The minimum Gasteiger partial charge on any atom is -0.443 e. The number of rotatable bonds is 4. The van der Waals surface area contributed by atoms with Gasteiger partial charge >= 0.3 is 18.2 Å². The molecule has 0 unspecified atom stereocenters. The van der Waals surface area contributed by atoms with Crippen LogP contribution in [0.3, 0.4) is 0 Å². The minimum atomic E-state index is -0.551. The number of nitrogens with one attached hydrogen (secondary N) is 1. The molecule has 0 fully saturated rings. The average Bonchev–Trinajstić information content (AvgIpc) is 3.72. The van der Waals surface area contributed by atoms with Crippen LogP contribution in [-0.2, 0) is 22.3 Å². The second kappa shape index (κ2) is 13.6. The summed E-state index contributed by atoms with van der Waals surface area (Å²) >= 11 is 0. The highest BCUT2D eigenvalue weighted by Crippen LogP contribution is 2.34. The van der Waals surface area contributed by atoms with Gasteiger partial charge in [0.15, 0.2) is 0 Å². The van der Waals surface area contributed by atoms with Crippen molar-refractivity contribution < 1.29 is 23.9 Å². The summed E-state index contributed by atoms with van der Waals surface area (Å²) in [5.41, 5.74) is 4.81. The SMILES string of the molecule is CCN(C(=O)n1ccnc1)c1ccc2c(c1)N(C(=O)OC(C)(C)C)CC2.CCNc1ccc2c(c1)N(C(=O)OC(C)(C)C)CC2. The normalized spacial score (nSPS) is 13.8. The van der Waals surface area contributed by atoms with Crippen LogP contribution in [0.5, 0.6) is 0 Å². The molecule has 0 atom stereocenters. The van der Waals surface area contributed by atoms with Gasteiger partial charge in [-0.25, -0.2) is 19.4 Å². The molecule has 0 saturated heterocycles. The van der Waals surface area contributed by atoms with Crippen molar-refractivity contribution >= 4 is 41.0 Å². The third-order valence-electron chi connectivity index (χ3n) is 7.14. The second-order valence-corrected chi connectivity index (χ2v) is 12.9. The van der Waals surface area contributed by atoms with E-state index in [9.17, 15) is 14.4 Å². The van der Waals surface area contributed by atoms with E-state index in [-0.39, 0.29) is 18.2 Å². The number of benzene rings is 2. The van der Waals surface area contributed by atoms with Crippen molar-refractivity contribution in [3.05, 3.63) is 66.2 Å². The number of aromatic nitrogens is 2. The van der Waals surface area contributed by atoms with E-state index in [1.165, 1.54) is 16.5 Å². The van der Waals surface area contributed by atoms with Crippen LogP contribution in [0.2, 0.25) is 0 Å². The van der Waals surface area contributed by atoms with Crippen LogP contribution < -0.4 is 20.0 Å². The monoisotopic (exact) mass is 618 g/mol. The number of ether oxygens (including phenoxy) is 2. The first-order valence-corrected chi connectivity index (χ1v) is 15.5. The molecule has 0 saturated carbocycles. The van der Waals surface area contributed by atoms with E-state index in [0.717, 1.165) is 47.7 Å². The standard InChI is InChI=1S/C19H24N4O3.C15H22N2O2/c1-5-22(17(24)21-11-9-20-13-21)15-7-6-14-8-10-23(16(14)12-15)18(25)26-19(2,3)4;1-5-16-12-7-6-11-8-9-17(13(11)10-12)14(18)19-15(2,3)4/h6-7,9,11-13H,5,8,10H2,1-4H3;6-7,10,16H,5,8-9H2,1-4H3. The number of anilines is 4. The summed E-state index contributed by atoms with van der Waals surface area (Å²) < 4.78 is 12.4. The minimum absolute atomic E-state index is 0.188. The van der Waals surface area contributed by atoms with E-state index in [4.69, 9.17) is 9.47 Å². The third-order valence-corrected chi connectivity index (χ3v) is 7.14. The number of fused-ring (bicyclic) bond motifs is 2. The highest BCUT2D eigenvalue weighted by molar-refractivity contribution is 5.96. The lowest BCUT2D eigenvalue weighted by Crippen LogP contribution is -2.36. The fourth-order valence-corrected chi connectivity index (χ4v) is 5.18. The van der Waals surface area contributed by atoms with Crippen molar-refractivity contribution in [2.24, 2.45) is 0 Å². The molecule has 2 aliphatic rings. The summed E-state index contributed by atoms with van der Waals surface area (Å²) in [6, 6.07) is 11.7. The maximum absolute atomic E-state index is 12.7. The van der Waals surface area contributed by atoms with Gasteiger partial charge in [0.1, 0.15) is 17.5 Å². The number of carbonyl (C=O) groups excluding carboxylic acids is 3. The molecule has 11 heteroatoms. The summed E-state index contributed by atoms with van der Waals surface area (Å²) in [5, 5.41) is 3.27. The lowest BCUT2D eigenvalue weighted by atomic mass is 10.1. The molecule has 0 aliphatic carbocycles. The first-order chi connectivity index (χ1) is 21.2. The van der Waals surface area contributed by atoms with Gasteiger partial charge in [-0.3, -0.25) is 19.3 Å². The van der Waals surface area contributed by atoms with Gasteiger partial charge in [0, 0.05) is 49.9 Å². The molecule has 11 nitrogen and oxygen atoms in total. The van der Waals surface area contributed by atoms with Crippen molar-refractivity contribution in [3.63, 3.8) is 0 Å². The first kappa shape index (κ1) is 33.4. The highest BCUT2D eigenvalue weighted by Gasteiger charge is 2.31. The summed E-state index contributed by atoms with van der Waals surface area (Å²) in [5.74, 6) is 0. The summed E-state index contributed by atoms with van der Waals surface area (Å²) in [6.45, 7) is 17.8. The second-order valence-electron chi connectivity index (χ2n) is 12.9. The van der Waals surface area contributed by atoms with Crippen molar-refractivity contribution in [2.45, 2.75) is 79.4 Å². The van der Waals surface area contributed by atoms with E-state index >= 15 is 0 Å². The van der Waals surface area contributed by atoms with E-state index < -0.39 is 11.2 Å². The molecule has 3 aromatic rings. The number of hydrogen-bond acceptors (Lipinski definition) is 7. The lowest BCUT2D eigenvalue weighted by Gasteiger charge is -2.26. The van der Waals surface area contributed by atoms with E-state index in [0.29, 0.717) is 19.6 Å². The number of amides is 3. The van der Waals surface area contributed by atoms with Crippen molar-refractivity contribution in [2.75, 3.05) is 46.2 Å². The molecule has 0 bridgehead atoms. The van der Waals surface area contributed by atoms with Gasteiger partial charge in [-0.05, 0) is 104 Å². The quantitative estimate of drug-likeness (QED) is 0.332. The van der Waals surface area contributed by atoms with Gasteiger partial charge in [-0.15, -0.1) is 0 Å². The Morgan fingerprint density at radius 2 is 1.40 bits per heavy atom.